The number of aryl methyl sites for hydroxylation is 1. The van der Waals surface area contributed by atoms with E-state index < -0.39 is 0 Å². The number of hydrogen-bond donors (Lipinski definition) is 0. The van der Waals surface area contributed by atoms with Gasteiger partial charge in [0.05, 0.1) is 24.6 Å². The maximum absolute atomic E-state index is 14.0. The predicted molar refractivity (Wildman–Crippen MR) is 121 cm³/mol. The first kappa shape index (κ1) is 20.7. The molecule has 1 aliphatic heterocycles. The van der Waals surface area contributed by atoms with Crippen LogP contribution in [0.25, 0.3) is 17.1 Å². The van der Waals surface area contributed by atoms with Gasteiger partial charge in [-0.25, -0.2) is 9.37 Å². The summed E-state index contributed by atoms with van der Waals surface area (Å²) in [7, 11) is 0. The summed E-state index contributed by atoms with van der Waals surface area (Å²) >= 11 is 1.48. The smallest absolute Gasteiger partial charge is 0.232 e. The van der Waals surface area contributed by atoms with Crippen molar-refractivity contribution in [2.45, 2.75) is 17.8 Å². The zero-order chi connectivity index (χ0) is 21.9. The summed E-state index contributed by atoms with van der Waals surface area (Å²) in [5.41, 5.74) is 3.60. The van der Waals surface area contributed by atoms with Crippen LogP contribution in [0.5, 0.6) is 0 Å². The minimum atomic E-state index is -0.306. The van der Waals surface area contributed by atoms with Crippen LogP contribution in [0.2, 0.25) is 0 Å². The number of halogens is 1. The Kier molecular flexibility index (Phi) is 5.91. The molecule has 0 atom stereocenters. The number of rotatable bonds is 6. The number of benzene rings is 2. The molecule has 0 aliphatic carbocycles. The van der Waals surface area contributed by atoms with Gasteiger partial charge < -0.3 is 14.1 Å². The van der Waals surface area contributed by atoms with E-state index in [1.807, 2.05) is 41.8 Å². The van der Waals surface area contributed by atoms with Crippen molar-refractivity contribution in [3.05, 3.63) is 71.9 Å². The van der Waals surface area contributed by atoms with Crippen LogP contribution in [0.4, 0.5) is 10.3 Å². The quantitative estimate of drug-likeness (QED) is 0.400. The first-order valence-electron chi connectivity index (χ1n) is 10.4. The highest BCUT2D eigenvalue weighted by molar-refractivity contribution is 7.98. The lowest BCUT2D eigenvalue weighted by Gasteiger charge is -2.27. The van der Waals surface area contributed by atoms with Gasteiger partial charge in [0.25, 0.3) is 0 Å². The lowest BCUT2D eigenvalue weighted by Crippen LogP contribution is -2.37. The Bertz CT molecular complexity index is 1200. The van der Waals surface area contributed by atoms with Gasteiger partial charge in [-0.1, -0.05) is 35.5 Å². The van der Waals surface area contributed by atoms with Crippen molar-refractivity contribution in [2.24, 2.45) is 0 Å². The highest BCUT2D eigenvalue weighted by Crippen LogP contribution is 2.30. The van der Waals surface area contributed by atoms with Crippen LogP contribution in [0.3, 0.4) is 0 Å². The number of aromatic nitrogens is 4. The Labute approximate surface area is 189 Å². The minimum Gasteiger partial charge on any atom is -0.444 e. The Morgan fingerprint density at radius 1 is 1.06 bits per heavy atom. The molecule has 3 heterocycles. The van der Waals surface area contributed by atoms with E-state index in [1.165, 1.54) is 29.5 Å². The molecule has 0 spiro atoms. The van der Waals surface area contributed by atoms with Crippen molar-refractivity contribution in [3.63, 3.8) is 0 Å². The minimum absolute atomic E-state index is 0.306. The third-order valence-electron chi connectivity index (χ3n) is 5.18. The van der Waals surface area contributed by atoms with E-state index in [9.17, 15) is 4.39 Å². The SMILES string of the molecule is Cc1ccc(-c2nc(CSc3nnc(N4CCOCC4)n3-c3cccc(F)c3)co2)cc1. The molecular formula is C23H22FN5O2S. The van der Waals surface area contributed by atoms with Crippen LogP contribution >= 0.6 is 11.8 Å². The van der Waals surface area contributed by atoms with Gasteiger partial charge in [0.15, 0.2) is 5.16 Å². The van der Waals surface area contributed by atoms with E-state index in [4.69, 9.17) is 9.15 Å². The van der Waals surface area contributed by atoms with Crippen molar-refractivity contribution < 1.29 is 13.5 Å². The van der Waals surface area contributed by atoms with Crippen LogP contribution < -0.4 is 4.90 Å². The third kappa shape index (κ3) is 4.39. The van der Waals surface area contributed by atoms with Gasteiger partial charge in [0.2, 0.25) is 11.8 Å². The topological polar surface area (TPSA) is 69.2 Å². The molecule has 2 aromatic carbocycles. The Balaban J connectivity index is 1.40. The first-order chi connectivity index (χ1) is 15.7. The summed E-state index contributed by atoms with van der Waals surface area (Å²) in [5.74, 6) is 1.51. The number of ether oxygens (including phenoxy) is 1. The molecule has 1 aliphatic rings. The fraction of sp³-hybridized carbons (Fsp3) is 0.261. The van der Waals surface area contributed by atoms with E-state index in [1.54, 1.807) is 12.3 Å². The average molecular weight is 452 g/mol. The molecule has 0 radical (unpaired) electrons. The average Bonchev–Trinajstić information content (AvgIpc) is 3.46. The number of nitrogens with zero attached hydrogens (tertiary/aromatic N) is 5. The zero-order valence-electron chi connectivity index (χ0n) is 17.6. The van der Waals surface area contributed by atoms with E-state index >= 15 is 0 Å². The number of hydrogen-bond acceptors (Lipinski definition) is 7. The Morgan fingerprint density at radius 3 is 2.66 bits per heavy atom. The lowest BCUT2D eigenvalue weighted by molar-refractivity contribution is 0.122. The van der Waals surface area contributed by atoms with Crippen LogP contribution in [0.15, 0.2) is 64.4 Å². The molecule has 2 aromatic heterocycles. The molecule has 1 fully saturated rings. The predicted octanol–water partition coefficient (Wildman–Crippen LogP) is 4.50. The lowest BCUT2D eigenvalue weighted by atomic mass is 10.1. The summed E-state index contributed by atoms with van der Waals surface area (Å²) in [6.45, 7) is 4.71. The Morgan fingerprint density at radius 2 is 1.88 bits per heavy atom. The standard InChI is InChI=1S/C23H22FN5O2S/c1-16-5-7-17(8-6-16)21-25-19(14-31-21)15-32-23-27-26-22(28-9-11-30-12-10-28)29(23)20-4-2-3-18(24)13-20/h2-8,13-14H,9-12,15H2,1H3. The molecule has 9 heteroatoms. The van der Waals surface area contributed by atoms with Crippen LogP contribution in [0, 0.1) is 12.7 Å². The second-order valence-electron chi connectivity index (χ2n) is 7.50. The van der Waals surface area contributed by atoms with Gasteiger partial charge >= 0.3 is 0 Å². The maximum atomic E-state index is 14.0. The second kappa shape index (κ2) is 9.13. The van der Waals surface area contributed by atoms with Gasteiger partial charge in [-0.2, -0.15) is 0 Å². The van der Waals surface area contributed by atoms with Crippen molar-refractivity contribution in [3.8, 4) is 17.1 Å². The molecule has 5 rings (SSSR count). The van der Waals surface area contributed by atoms with Crippen LogP contribution in [-0.2, 0) is 10.5 Å². The van der Waals surface area contributed by atoms with Crippen molar-refractivity contribution in [2.75, 3.05) is 31.2 Å². The molecule has 0 N–H and O–H groups in total. The first-order valence-corrected chi connectivity index (χ1v) is 11.3. The number of morpholine rings is 1. The molecule has 0 saturated carbocycles. The molecule has 0 unspecified atom stereocenters. The fourth-order valence-corrected chi connectivity index (χ4v) is 4.33. The Hall–Kier alpha value is -3.17. The highest BCUT2D eigenvalue weighted by atomic mass is 32.2. The molecule has 32 heavy (non-hydrogen) atoms. The number of anilines is 1. The van der Waals surface area contributed by atoms with E-state index in [0.717, 1.165) is 11.3 Å². The largest absolute Gasteiger partial charge is 0.444 e. The summed E-state index contributed by atoms with van der Waals surface area (Å²) in [6, 6.07) is 14.5. The van der Waals surface area contributed by atoms with Crippen molar-refractivity contribution in [1.82, 2.24) is 19.7 Å². The molecule has 7 nitrogen and oxygen atoms in total. The van der Waals surface area contributed by atoms with E-state index in [2.05, 4.69) is 20.1 Å². The van der Waals surface area contributed by atoms with Crippen LogP contribution in [-0.4, -0.2) is 46.1 Å². The summed E-state index contributed by atoms with van der Waals surface area (Å²) in [5, 5.41) is 9.48. The molecule has 0 bridgehead atoms. The van der Waals surface area contributed by atoms with Crippen molar-refractivity contribution in [1.29, 1.82) is 0 Å². The van der Waals surface area contributed by atoms with Crippen LogP contribution in [0.1, 0.15) is 11.3 Å². The third-order valence-corrected chi connectivity index (χ3v) is 6.14. The van der Waals surface area contributed by atoms with E-state index in [-0.39, 0.29) is 5.82 Å². The summed E-state index contributed by atoms with van der Waals surface area (Å²) in [6.07, 6.45) is 1.66. The van der Waals surface area contributed by atoms with Gasteiger partial charge in [-0.15, -0.1) is 10.2 Å². The molecule has 4 aromatic rings. The molecule has 164 valence electrons. The fourth-order valence-electron chi connectivity index (χ4n) is 3.51. The summed E-state index contributed by atoms with van der Waals surface area (Å²) < 4.78 is 27.0. The highest BCUT2D eigenvalue weighted by Gasteiger charge is 2.22. The second-order valence-corrected chi connectivity index (χ2v) is 8.44. The number of thioether (sulfide) groups is 1. The van der Waals surface area contributed by atoms with Gasteiger partial charge in [0.1, 0.15) is 12.1 Å². The normalized spacial score (nSPS) is 14.1. The summed E-state index contributed by atoms with van der Waals surface area (Å²) in [4.78, 5) is 6.71. The van der Waals surface area contributed by atoms with Gasteiger partial charge in [0, 0.05) is 24.4 Å². The molecular weight excluding hydrogens is 429 g/mol. The molecule has 0 amide bonds. The van der Waals surface area contributed by atoms with E-state index in [0.29, 0.717) is 54.7 Å². The van der Waals surface area contributed by atoms with Gasteiger partial charge in [-0.3, -0.25) is 4.57 Å². The zero-order valence-corrected chi connectivity index (χ0v) is 18.4. The number of oxazole rings is 1. The van der Waals surface area contributed by atoms with Gasteiger partial charge in [-0.05, 0) is 37.3 Å². The van der Waals surface area contributed by atoms with Crippen molar-refractivity contribution >= 4 is 17.7 Å². The molecule has 1 saturated heterocycles. The monoisotopic (exact) mass is 451 g/mol. The maximum Gasteiger partial charge on any atom is 0.232 e.